The molecule has 0 fully saturated rings. The van der Waals surface area contributed by atoms with Gasteiger partial charge >= 0.3 is 5.97 Å². The summed E-state index contributed by atoms with van der Waals surface area (Å²) in [6.45, 7) is 5.65. The Morgan fingerprint density at radius 3 is 2.31 bits per heavy atom. The minimum absolute atomic E-state index is 0.0528. The number of carboxylic acid groups (broad SMARTS) is 1. The summed E-state index contributed by atoms with van der Waals surface area (Å²) in [6, 6.07) is -0.931. The van der Waals surface area contributed by atoms with Gasteiger partial charge in [0.2, 0.25) is 5.91 Å². The van der Waals surface area contributed by atoms with E-state index >= 15 is 0 Å². The van der Waals surface area contributed by atoms with Crippen LogP contribution in [0.15, 0.2) is 0 Å². The summed E-state index contributed by atoms with van der Waals surface area (Å²) >= 11 is 0. The van der Waals surface area contributed by atoms with Crippen LogP contribution in [-0.2, 0) is 9.59 Å². The van der Waals surface area contributed by atoms with Crippen LogP contribution in [-0.4, -0.2) is 29.1 Å². The Kier molecular flexibility index (Phi) is 6.72. The molecule has 0 aromatic carbocycles. The number of nitrogens with one attached hydrogen (secondary N) is 1. The molecule has 0 aliphatic heterocycles. The zero-order valence-electron chi connectivity index (χ0n) is 10.2. The van der Waals surface area contributed by atoms with E-state index in [1.54, 1.807) is 6.92 Å². The third-order valence-electron chi connectivity index (χ3n) is 2.56. The van der Waals surface area contributed by atoms with Crippen LogP contribution in [0.4, 0.5) is 0 Å². The Hall–Kier alpha value is -1.10. The van der Waals surface area contributed by atoms with Crippen molar-refractivity contribution in [1.29, 1.82) is 0 Å². The predicted octanol–water partition coefficient (Wildman–Crippen LogP) is 0.729. The highest BCUT2D eigenvalue weighted by atomic mass is 16.4. The second kappa shape index (κ2) is 7.22. The number of nitrogens with two attached hydrogens (primary N) is 1. The normalized spacial score (nSPS) is 16.2. The van der Waals surface area contributed by atoms with Crippen LogP contribution in [0.5, 0.6) is 0 Å². The maximum Gasteiger partial charge on any atom is 0.305 e. The molecule has 3 atom stereocenters. The molecule has 94 valence electrons. The number of carboxylic acids is 1. The van der Waals surface area contributed by atoms with Crippen LogP contribution in [0.25, 0.3) is 0 Å². The lowest BCUT2D eigenvalue weighted by molar-refractivity contribution is -0.137. The molecule has 16 heavy (non-hydrogen) atoms. The van der Waals surface area contributed by atoms with Gasteiger partial charge in [-0.05, 0) is 19.3 Å². The molecule has 0 aliphatic rings. The van der Waals surface area contributed by atoms with Crippen molar-refractivity contribution in [3.63, 3.8) is 0 Å². The van der Waals surface area contributed by atoms with E-state index in [4.69, 9.17) is 10.8 Å². The van der Waals surface area contributed by atoms with Gasteiger partial charge in [0, 0.05) is 6.04 Å². The van der Waals surface area contributed by atoms with Crippen molar-refractivity contribution in [2.75, 3.05) is 0 Å². The Labute approximate surface area is 96.4 Å². The zero-order chi connectivity index (χ0) is 12.7. The Bertz CT molecular complexity index is 241. The molecule has 0 bridgehead atoms. The number of carbonyl (C=O) groups excluding carboxylic acids is 1. The summed E-state index contributed by atoms with van der Waals surface area (Å²) in [4.78, 5) is 22.0. The fraction of sp³-hybridized carbons (Fsp3) is 0.818. The third-order valence-corrected chi connectivity index (χ3v) is 2.56. The van der Waals surface area contributed by atoms with Crippen LogP contribution < -0.4 is 11.1 Å². The first-order chi connectivity index (χ1) is 7.36. The van der Waals surface area contributed by atoms with Gasteiger partial charge in [-0.25, -0.2) is 0 Å². The second-order valence-electron chi connectivity index (χ2n) is 4.34. The van der Waals surface area contributed by atoms with Crippen molar-refractivity contribution >= 4 is 11.9 Å². The smallest absolute Gasteiger partial charge is 0.305 e. The van der Waals surface area contributed by atoms with E-state index < -0.39 is 12.0 Å². The highest BCUT2D eigenvalue weighted by Crippen LogP contribution is 2.12. The fourth-order valence-electron chi connectivity index (χ4n) is 1.39. The van der Waals surface area contributed by atoms with E-state index in [9.17, 15) is 9.59 Å². The molecule has 0 rings (SSSR count). The molecule has 4 N–H and O–H groups in total. The van der Waals surface area contributed by atoms with Gasteiger partial charge in [0.25, 0.3) is 0 Å². The van der Waals surface area contributed by atoms with E-state index in [0.717, 1.165) is 6.42 Å². The molecule has 3 unspecified atom stereocenters. The maximum absolute atomic E-state index is 11.4. The van der Waals surface area contributed by atoms with Gasteiger partial charge in [0.1, 0.15) is 0 Å². The van der Waals surface area contributed by atoms with Gasteiger partial charge in [-0.2, -0.15) is 0 Å². The van der Waals surface area contributed by atoms with Crippen molar-refractivity contribution in [2.45, 2.75) is 52.1 Å². The van der Waals surface area contributed by atoms with Gasteiger partial charge in [0.05, 0.1) is 12.5 Å². The molecule has 1 amide bonds. The van der Waals surface area contributed by atoms with Gasteiger partial charge in [-0.15, -0.1) is 0 Å². The molecule has 0 saturated carbocycles. The topological polar surface area (TPSA) is 92.4 Å². The molecule has 0 radical (unpaired) electrons. The largest absolute Gasteiger partial charge is 0.481 e. The monoisotopic (exact) mass is 230 g/mol. The Morgan fingerprint density at radius 2 is 1.94 bits per heavy atom. The third kappa shape index (κ3) is 6.40. The molecule has 5 heteroatoms. The SMILES string of the molecule is CCC(C)CC(CC(=O)O)NC(=O)C(C)N. The van der Waals surface area contributed by atoms with Gasteiger partial charge in [-0.1, -0.05) is 20.3 Å². The summed E-state index contributed by atoms with van der Waals surface area (Å²) in [5.41, 5.74) is 5.42. The van der Waals surface area contributed by atoms with Gasteiger partial charge < -0.3 is 16.2 Å². The number of hydrogen-bond acceptors (Lipinski definition) is 3. The summed E-state index contributed by atoms with van der Waals surface area (Å²) < 4.78 is 0. The number of rotatable bonds is 7. The molecular formula is C11H22N2O3. The molecule has 5 nitrogen and oxygen atoms in total. The molecule has 0 spiro atoms. The van der Waals surface area contributed by atoms with Crippen LogP contribution in [0.3, 0.4) is 0 Å². The molecule has 0 heterocycles. The van der Waals surface area contributed by atoms with E-state index in [1.807, 2.05) is 13.8 Å². The minimum Gasteiger partial charge on any atom is -0.481 e. The number of aliphatic carboxylic acids is 1. The minimum atomic E-state index is -0.904. The van der Waals surface area contributed by atoms with E-state index in [1.165, 1.54) is 0 Å². The van der Waals surface area contributed by atoms with Gasteiger partial charge in [-0.3, -0.25) is 9.59 Å². The molecule has 0 aromatic rings. The van der Waals surface area contributed by atoms with Crippen LogP contribution in [0.2, 0.25) is 0 Å². The first kappa shape index (κ1) is 14.9. The lowest BCUT2D eigenvalue weighted by Gasteiger charge is -2.21. The number of hydrogen-bond donors (Lipinski definition) is 3. The first-order valence-electron chi connectivity index (χ1n) is 5.64. The average Bonchev–Trinajstić information content (AvgIpc) is 2.16. The van der Waals surface area contributed by atoms with E-state index in [0.29, 0.717) is 12.3 Å². The van der Waals surface area contributed by atoms with Crippen molar-refractivity contribution < 1.29 is 14.7 Å². The number of carbonyl (C=O) groups is 2. The molecule has 0 aromatic heterocycles. The molecular weight excluding hydrogens is 208 g/mol. The van der Waals surface area contributed by atoms with E-state index in [2.05, 4.69) is 5.32 Å². The average molecular weight is 230 g/mol. The highest BCUT2D eigenvalue weighted by Gasteiger charge is 2.19. The molecule has 0 saturated heterocycles. The van der Waals surface area contributed by atoms with Crippen molar-refractivity contribution in [2.24, 2.45) is 11.7 Å². The Balaban J connectivity index is 4.31. The maximum atomic E-state index is 11.4. The second-order valence-corrected chi connectivity index (χ2v) is 4.34. The molecule has 0 aliphatic carbocycles. The summed E-state index contributed by atoms with van der Waals surface area (Å²) in [6.07, 6.45) is 1.58. The summed E-state index contributed by atoms with van der Waals surface area (Å²) in [5.74, 6) is -0.814. The van der Waals surface area contributed by atoms with Crippen LogP contribution >= 0.6 is 0 Å². The Morgan fingerprint density at radius 1 is 1.38 bits per heavy atom. The number of amides is 1. The van der Waals surface area contributed by atoms with Crippen molar-refractivity contribution in [3.05, 3.63) is 0 Å². The first-order valence-corrected chi connectivity index (χ1v) is 5.64. The lowest BCUT2D eigenvalue weighted by Crippen LogP contribution is -2.45. The quantitative estimate of drug-likeness (QED) is 0.601. The summed E-state index contributed by atoms with van der Waals surface area (Å²) in [5, 5.41) is 11.4. The lowest BCUT2D eigenvalue weighted by atomic mass is 9.97. The highest BCUT2D eigenvalue weighted by molar-refractivity contribution is 5.81. The van der Waals surface area contributed by atoms with Crippen LogP contribution in [0.1, 0.15) is 40.0 Å². The predicted molar refractivity (Wildman–Crippen MR) is 61.9 cm³/mol. The van der Waals surface area contributed by atoms with Crippen molar-refractivity contribution in [3.8, 4) is 0 Å². The van der Waals surface area contributed by atoms with E-state index in [-0.39, 0.29) is 18.4 Å². The zero-order valence-corrected chi connectivity index (χ0v) is 10.2. The summed E-state index contributed by atoms with van der Waals surface area (Å²) in [7, 11) is 0. The standard InChI is InChI=1S/C11H22N2O3/c1-4-7(2)5-9(6-10(14)15)13-11(16)8(3)12/h7-9H,4-6,12H2,1-3H3,(H,13,16)(H,14,15). The van der Waals surface area contributed by atoms with Crippen LogP contribution in [0, 0.1) is 5.92 Å². The fourth-order valence-corrected chi connectivity index (χ4v) is 1.39. The van der Waals surface area contributed by atoms with Gasteiger partial charge in [0.15, 0.2) is 0 Å². The van der Waals surface area contributed by atoms with Crippen molar-refractivity contribution in [1.82, 2.24) is 5.32 Å².